The van der Waals surface area contributed by atoms with Crippen LogP contribution >= 0.6 is 0 Å². The van der Waals surface area contributed by atoms with Crippen molar-refractivity contribution in [3.05, 3.63) is 82.3 Å². The molecule has 0 unspecified atom stereocenters. The molecule has 0 aliphatic heterocycles. The van der Waals surface area contributed by atoms with Gasteiger partial charge in [-0.2, -0.15) is 4.98 Å². The third-order valence-corrected chi connectivity index (χ3v) is 5.81. The number of aromatic nitrogens is 3. The normalized spacial score (nSPS) is 10.9. The first-order chi connectivity index (χ1) is 17.6. The Kier molecular flexibility index (Phi) is 8.33. The first-order valence-electron chi connectivity index (χ1n) is 11.8. The van der Waals surface area contributed by atoms with Crippen LogP contribution < -0.4 is 25.2 Å². The van der Waals surface area contributed by atoms with Crippen LogP contribution in [0.4, 0.5) is 16.2 Å². The Bertz CT molecular complexity index is 1280. The molecule has 188 valence electrons. The van der Waals surface area contributed by atoms with E-state index >= 15 is 0 Å². The number of anilines is 2. The Morgan fingerprint density at radius 1 is 0.889 bits per heavy atom. The summed E-state index contributed by atoms with van der Waals surface area (Å²) in [6, 6.07) is 17.4. The number of H-pyrrole nitrogens is 1. The average molecular weight is 492 g/mol. The van der Waals surface area contributed by atoms with Crippen molar-refractivity contribution in [3.8, 4) is 11.5 Å². The van der Waals surface area contributed by atoms with Crippen LogP contribution in [0.3, 0.4) is 0 Å². The third kappa shape index (κ3) is 6.10. The molecule has 0 spiro atoms. The number of rotatable bonds is 12. The fourth-order valence-corrected chi connectivity index (χ4v) is 3.87. The van der Waals surface area contributed by atoms with Crippen molar-refractivity contribution in [3.63, 3.8) is 0 Å². The van der Waals surface area contributed by atoms with Gasteiger partial charge in [0.25, 0.3) is 5.56 Å². The Balaban J connectivity index is 1.73. The van der Waals surface area contributed by atoms with E-state index < -0.39 is 0 Å². The molecule has 4 aromatic rings. The van der Waals surface area contributed by atoms with Gasteiger partial charge in [0, 0.05) is 25.8 Å². The number of alkyl halides is 1. The molecule has 0 radical (unpaired) electrons. The van der Waals surface area contributed by atoms with E-state index in [9.17, 15) is 9.18 Å². The fourth-order valence-electron chi connectivity index (χ4n) is 3.87. The van der Waals surface area contributed by atoms with Gasteiger partial charge < -0.3 is 24.7 Å². The van der Waals surface area contributed by atoms with Gasteiger partial charge in [0.05, 0.1) is 26.4 Å². The molecular weight excluding hydrogens is 461 g/mol. The van der Waals surface area contributed by atoms with Crippen LogP contribution in [0.15, 0.2) is 65.6 Å². The van der Waals surface area contributed by atoms with Crippen LogP contribution in [0.25, 0.3) is 10.9 Å². The summed E-state index contributed by atoms with van der Waals surface area (Å²) < 4.78 is 23.2. The predicted molar refractivity (Wildman–Crippen MR) is 140 cm³/mol. The second kappa shape index (κ2) is 12.0. The van der Waals surface area contributed by atoms with Gasteiger partial charge in [0.1, 0.15) is 22.7 Å². The summed E-state index contributed by atoms with van der Waals surface area (Å²) in [7, 11) is 3.27. The van der Waals surface area contributed by atoms with Crippen LogP contribution in [0.2, 0.25) is 0 Å². The van der Waals surface area contributed by atoms with E-state index in [2.05, 4.69) is 15.2 Å². The number of aromatic amines is 1. The highest BCUT2D eigenvalue weighted by atomic mass is 19.1. The van der Waals surface area contributed by atoms with Crippen molar-refractivity contribution < 1.29 is 13.9 Å². The molecule has 0 saturated heterocycles. The maximum Gasteiger partial charge on any atom is 0.261 e. The Hall–Kier alpha value is -4.14. The predicted octanol–water partition coefficient (Wildman–Crippen LogP) is 4.70. The smallest absolute Gasteiger partial charge is 0.261 e. The number of pyridine rings is 1. The van der Waals surface area contributed by atoms with Crippen molar-refractivity contribution in [2.75, 3.05) is 37.7 Å². The zero-order chi connectivity index (χ0) is 25.3. The lowest BCUT2D eigenvalue weighted by molar-refractivity contribution is 0.414. The van der Waals surface area contributed by atoms with Crippen molar-refractivity contribution in [1.29, 1.82) is 0 Å². The van der Waals surface area contributed by atoms with Crippen molar-refractivity contribution in [1.82, 2.24) is 15.0 Å². The molecule has 0 bridgehead atoms. The van der Waals surface area contributed by atoms with E-state index in [4.69, 9.17) is 19.4 Å². The lowest BCUT2D eigenvalue weighted by Gasteiger charge is -2.24. The number of ether oxygens (including phenoxy) is 2. The van der Waals surface area contributed by atoms with Crippen molar-refractivity contribution in [2.24, 2.45) is 0 Å². The minimum Gasteiger partial charge on any atom is -0.497 e. The van der Waals surface area contributed by atoms with Gasteiger partial charge in [-0.3, -0.25) is 9.18 Å². The summed E-state index contributed by atoms with van der Waals surface area (Å²) in [6.07, 6.45) is 2.65. The van der Waals surface area contributed by atoms with E-state index in [1.807, 2.05) is 48.5 Å². The largest absolute Gasteiger partial charge is 0.497 e. The SMILES string of the molecule is COc1ccc(CN(Cc2ccc(OC)cc2)c2nc(NCCCCF)c3c(=O)[nH]ccc3n2)cc1. The molecule has 2 heterocycles. The maximum atomic E-state index is 12.6. The Morgan fingerprint density at radius 2 is 1.50 bits per heavy atom. The summed E-state index contributed by atoms with van der Waals surface area (Å²) in [5, 5.41) is 3.60. The highest BCUT2D eigenvalue weighted by Gasteiger charge is 2.17. The molecule has 2 N–H and O–H groups in total. The van der Waals surface area contributed by atoms with Crippen LogP contribution in [0.1, 0.15) is 24.0 Å². The number of halogens is 1. The molecule has 2 aromatic heterocycles. The van der Waals surface area contributed by atoms with Gasteiger partial charge in [-0.1, -0.05) is 24.3 Å². The second-order valence-electron chi connectivity index (χ2n) is 8.31. The van der Waals surface area contributed by atoms with Crippen LogP contribution in [0.5, 0.6) is 11.5 Å². The number of hydrogen-bond donors (Lipinski definition) is 2. The molecule has 36 heavy (non-hydrogen) atoms. The van der Waals surface area contributed by atoms with Crippen LogP contribution in [-0.4, -0.2) is 42.4 Å². The van der Waals surface area contributed by atoms with Gasteiger partial charge in [-0.05, 0) is 54.3 Å². The highest BCUT2D eigenvalue weighted by Crippen LogP contribution is 2.25. The Labute approximate surface area is 209 Å². The standard InChI is InChI=1S/C27H30FN5O3/c1-35-21-9-5-19(6-10-21)17-33(18-20-7-11-22(36-2)12-8-20)27-31-23-13-16-30-26(34)24(23)25(32-27)29-15-4-3-14-28/h5-13,16H,3-4,14-15,17-18H2,1-2H3,(H,30,34)(H,29,31,32). The quantitative estimate of drug-likeness (QED) is 0.278. The monoisotopic (exact) mass is 491 g/mol. The third-order valence-electron chi connectivity index (χ3n) is 5.81. The van der Waals surface area contributed by atoms with Crippen molar-refractivity contribution in [2.45, 2.75) is 25.9 Å². The lowest BCUT2D eigenvalue weighted by atomic mass is 10.1. The number of benzene rings is 2. The van der Waals surface area contributed by atoms with Crippen LogP contribution in [-0.2, 0) is 13.1 Å². The molecule has 2 aromatic carbocycles. The fraction of sp³-hybridized carbons (Fsp3) is 0.296. The topological polar surface area (TPSA) is 92.4 Å². The summed E-state index contributed by atoms with van der Waals surface area (Å²) in [5.41, 5.74) is 2.36. The van der Waals surface area contributed by atoms with E-state index in [1.165, 1.54) is 0 Å². The summed E-state index contributed by atoms with van der Waals surface area (Å²) in [5.74, 6) is 2.47. The minimum absolute atomic E-state index is 0.274. The molecule has 0 atom stereocenters. The Morgan fingerprint density at radius 3 is 2.06 bits per heavy atom. The molecular formula is C27H30FN5O3. The van der Waals surface area contributed by atoms with E-state index in [1.54, 1.807) is 26.5 Å². The lowest BCUT2D eigenvalue weighted by Crippen LogP contribution is -2.25. The molecule has 0 amide bonds. The van der Waals surface area contributed by atoms with Gasteiger partial charge >= 0.3 is 0 Å². The summed E-state index contributed by atoms with van der Waals surface area (Å²) in [4.78, 5) is 26.9. The van der Waals surface area contributed by atoms with Crippen molar-refractivity contribution >= 4 is 22.7 Å². The van der Waals surface area contributed by atoms with Gasteiger partial charge in [-0.25, -0.2) is 4.98 Å². The average Bonchev–Trinajstić information content (AvgIpc) is 2.91. The summed E-state index contributed by atoms with van der Waals surface area (Å²) >= 11 is 0. The number of methoxy groups -OCH3 is 2. The molecule has 4 rings (SSSR count). The number of fused-ring (bicyclic) bond motifs is 1. The van der Waals surface area contributed by atoms with Crippen LogP contribution in [0, 0.1) is 0 Å². The minimum atomic E-state index is -0.379. The van der Waals surface area contributed by atoms with E-state index in [0.717, 1.165) is 22.6 Å². The highest BCUT2D eigenvalue weighted by molar-refractivity contribution is 5.89. The molecule has 0 saturated carbocycles. The first-order valence-corrected chi connectivity index (χ1v) is 11.8. The maximum absolute atomic E-state index is 12.6. The van der Waals surface area contributed by atoms with Gasteiger partial charge in [0.15, 0.2) is 0 Å². The number of nitrogens with one attached hydrogen (secondary N) is 2. The van der Waals surface area contributed by atoms with Gasteiger partial charge in [0.2, 0.25) is 5.95 Å². The molecule has 0 fully saturated rings. The first kappa shape index (κ1) is 25.0. The zero-order valence-corrected chi connectivity index (χ0v) is 20.5. The zero-order valence-electron chi connectivity index (χ0n) is 20.5. The number of unbranched alkanes of at least 4 members (excludes halogenated alkanes) is 1. The molecule has 8 nitrogen and oxygen atoms in total. The second-order valence-corrected chi connectivity index (χ2v) is 8.31. The molecule has 0 aliphatic carbocycles. The van der Waals surface area contributed by atoms with E-state index in [-0.39, 0.29) is 12.2 Å². The van der Waals surface area contributed by atoms with Gasteiger partial charge in [-0.15, -0.1) is 0 Å². The van der Waals surface area contributed by atoms with E-state index in [0.29, 0.717) is 55.1 Å². The number of hydrogen-bond acceptors (Lipinski definition) is 7. The number of nitrogens with zero attached hydrogens (tertiary/aromatic N) is 3. The molecule has 0 aliphatic rings. The summed E-state index contributed by atoms with van der Waals surface area (Å²) in [6.45, 7) is 1.19. The molecule has 9 heteroatoms.